The predicted molar refractivity (Wildman–Crippen MR) is 64.9 cm³/mol. The number of nitrogens with zero attached hydrogens (tertiary/aromatic N) is 1. The number of rotatable bonds is 4. The van der Waals surface area contributed by atoms with Gasteiger partial charge in [-0.3, -0.25) is 0 Å². The van der Waals surface area contributed by atoms with Crippen molar-refractivity contribution in [1.29, 1.82) is 5.26 Å². The third-order valence-corrected chi connectivity index (χ3v) is 7.24. The highest BCUT2D eigenvalue weighted by atomic mass is 32.2. The van der Waals surface area contributed by atoms with E-state index in [9.17, 15) is 16.8 Å². The topological polar surface area (TPSA) is 92.1 Å². The molecule has 0 bridgehead atoms. The largest absolute Gasteiger partial charge is 0.229 e. The van der Waals surface area contributed by atoms with Crippen molar-refractivity contribution in [2.75, 3.05) is 17.3 Å². The van der Waals surface area contributed by atoms with Gasteiger partial charge in [0.05, 0.1) is 34.0 Å². The van der Waals surface area contributed by atoms with Crippen molar-refractivity contribution in [3.8, 4) is 6.07 Å². The normalized spacial score (nSPS) is 28.1. The van der Waals surface area contributed by atoms with Crippen molar-refractivity contribution in [2.45, 2.75) is 31.9 Å². The molecule has 1 atom stereocenters. The van der Waals surface area contributed by atoms with Gasteiger partial charge in [0, 0.05) is 0 Å². The Morgan fingerprint density at radius 2 is 2.00 bits per heavy atom. The van der Waals surface area contributed by atoms with Crippen molar-refractivity contribution in [1.82, 2.24) is 0 Å². The molecule has 0 spiro atoms. The van der Waals surface area contributed by atoms with E-state index in [-0.39, 0.29) is 30.1 Å². The second-order valence-corrected chi connectivity index (χ2v) is 9.76. The molecule has 1 aliphatic heterocycles. The highest BCUT2D eigenvalue weighted by molar-refractivity contribution is 7.92. The maximum absolute atomic E-state index is 11.6. The molecule has 0 saturated carbocycles. The molecule has 1 saturated heterocycles. The van der Waals surface area contributed by atoms with Gasteiger partial charge < -0.3 is 0 Å². The Morgan fingerprint density at radius 1 is 1.41 bits per heavy atom. The van der Waals surface area contributed by atoms with Crippen LogP contribution < -0.4 is 0 Å². The Hall–Kier alpha value is -0.610. The molecule has 1 rings (SSSR count). The van der Waals surface area contributed by atoms with Crippen molar-refractivity contribution in [3.63, 3.8) is 0 Å². The second-order valence-electron chi connectivity index (χ2n) is 4.90. The Balaban J connectivity index is 2.79. The molecule has 0 amide bonds. The minimum absolute atomic E-state index is 0.0116. The van der Waals surface area contributed by atoms with Gasteiger partial charge in [0.1, 0.15) is 0 Å². The van der Waals surface area contributed by atoms with Gasteiger partial charge in [-0.05, 0) is 26.7 Å². The number of nitriles is 1. The summed E-state index contributed by atoms with van der Waals surface area (Å²) in [6.45, 7) is 3.17. The fraction of sp³-hybridized carbons (Fsp3) is 0.900. The highest BCUT2D eigenvalue weighted by Crippen LogP contribution is 2.35. The van der Waals surface area contributed by atoms with Crippen LogP contribution in [0.15, 0.2) is 0 Å². The molecule has 0 N–H and O–H groups in total. The van der Waals surface area contributed by atoms with E-state index < -0.39 is 30.3 Å². The number of sulfone groups is 2. The van der Waals surface area contributed by atoms with Crippen molar-refractivity contribution >= 4 is 19.7 Å². The van der Waals surface area contributed by atoms with E-state index in [0.717, 1.165) is 0 Å². The van der Waals surface area contributed by atoms with Crippen LogP contribution in [0.5, 0.6) is 0 Å². The van der Waals surface area contributed by atoms with Crippen LogP contribution in [0.1, 0.15) is 26.7 Å². The molecule has 1 heterocycles. The summed E-state index contributed by atoms with van der Waals surface area (Å²) < 4.78 is 46.0. The summed E-state index contributed by atoms with van der Waals surface area (Å²) >= 11 is 0. The summed E-state index contributed by atoms with van der Waals surface area (Å²) in [7, 11) is -6.39. The molecule has 0 aromatic carbocycles. The molecule has 5 nitrogen and oxygen atoms in total. The zero-order chi connectivity index (χ0) is 13.3. The molecule has 0 radical (unpaired) electrons. The van der Waals surface area contributed by atoms with E-state index in [0.29, 0.717) is 0 Å². The summed E-state index contributed by atoms with van der Waals surface area (Å²) in [6.07, 6.45) is 0.364. The average Bonchev–Trinajstić information content (AvgIpc) is 2.52. The lowest BCUT2D eigenvalue weighted by molar-refractivity contribution is 0.435. The first-order valence-corrected chi connectivity index (χ1v) is 8.99. The first-order valence-electron chi connectivity index (χ1n) is 5.46. The van der Waals surface area contributed by atoms with E-state index in [1.807, 2.05) is 6.07 Å². The monoisotopic (exact) mass is 279 g/mol. The van der Waals surface area contributed by atoms with Crippen LogP contribution in [0.25, 0.3) is 0 Å². The van der Waals surface area contributed by atoms with Gasteiger partial charge in [0.2, 0.25) is 0 Å². The summed E-state index contributed by atoms with van der Waals surface area (Å²) in [4.78, 5) is 0. The lowest BCUT2D eigenvalue weighted by Gasteiger charge is -2.19. The van der Waals surface area contributed by atoms with E-state index in [1.165, 1.54) is 0 Å². The Bertz CT molecular complexity index is 527. The van der Waals surface area contributed by atoms with Gasteiger partial charge in [-0.2, -0.15) is 5.26 Å². The summed E-state index contributed by atoms with van der Waals surface area (Å²) in [5, 5.41) is 8.59. The Kier molecular flexibility index (Phi) is 3.89. The zero-order valence-corrected chi connectivity index (χ0v) is 11.6. The van der Waals surface area contributed by atoms with Gasteiger partial charge in [0.15, 0.2) is 19.7 Å². The predicted octanol–water partition coefficient (Wildman–Crippen LogP) is 0.528. The lowest BCUT2D eigenvalue weighted by Crippen LogP contribution is -2.27. The smallest absolute Gasteiger partial charge is 0.152 e. The van der Waals surface area contributed by atoms with Gasteiger partial charge in [-0.15, -0.1) is 0 Å². The molecule has 1 aliphatic rings. The molecule has 0 aromatic rings. The number of hydrogen-bond donors (Lipinski definition) is 0. The van der Waals surface area contributed by atoms with Crippen molar-refractivity contribution in [2.24, 2.45) is 5.41 Å². The SMILES string of the molecule is CC(C)S(=O)(=O)CCC1(C#N)CCS(=O)(=O)C1. The maximum Gasteiger partial charge on any atom is 0.152 e. The van der Waals surface area contributed by atoms with Gasteiger partial charge >= 0.3 is 0 Å². The summed E-state index contributed by atoms with van der Waals surface area (Å²) in [6, 6.07) is 2.00. The standard InChI is InChI=1S/C10H17NO4S2/c1-9(2)17(14,15)6-4-10(7-11)3-5-16(12,13)8-10/h9H,3-6,8H2,1-2H3. The van der Waals surface area contributed by atoms with Gasteiger partial charge in [-0.1, -0.05) is 0 Å². The third-order valence-electron chi connectivity index (χ3n) is 3.21. The van der Waals surface area contributed by atoms with Crippen LogP contribution in [0, 0.1) is 16.7 Å². The van der Waals surface area contributed by atoms with Crippen LogP contribution in [0.2, 0.25) is 0 Å². The van der Waals surface area contributed by atoms with Crippen LogP contribution >= 0.6 is 0 Å². The second kappa shape index (κ2) is 4.58. The van der Waals surface area contributed by atoms with Gasteiger partial charge in [0.25, 0.3) is 0 Å². The third kappa shape index (κ3) is 3.42. The van der Waals surface area contributed by atoms with E-state index in [4.69, 9.17) is 5.26 Å². The lowest BCUT2D eigenvalue weighted by atomic mass is 9.87. The van der Waals surface area contributed by atoms with Gasteiger partial charge in [-0.25, -0.2) is 16.8 Å². The molecule has 98 valence electrons. The van der Waals surface area contributed by atoms with E-state index in [1.54, 1.807) is 13.8 Å². The van der Waals surface area contributed by atoms with Crippen LogP contribution in [0.4, 0.5) is 0 Å². The van der Waals surface area contributed by atoms with E-state index in [2.05, 4.69) is 0 Å². The molecule has 1 unspecified atom stereocenters. The summed E-state index contributed by atoms with van der Waals surface area (Å²) in [5.41, 5.74) is -0.999. The fourth-order valence-corrected chi connectivity index (χ4v) is 5.02. The van der Waals surface area contributed by atoms with E-state index >= 15 is 0 Å². The number of hydrogen-bond acceptors (Lipinski definition) is 5. The zero-order valence-electron chi connectivity index (χ0n) is 10.0. The molecule has 7 heteroatoms. The van der Waals surface area contributed by atoms with Crippen LogP contribution in [0.3, 0.4) is 0 Å². The Labute approximate surface area is 103 Å². The fourth-order valence-electron chi connectivity index (χ4n) is 1.83. The maximum atomic E-state index is 11.6. The first kappa shape index (κ1) is 14.5. The molecule has 17 heavy (non-hydrogen) atoms. The van der Waals surface area contributed by atoms with Crippen molar-refractivity contribution < 1.29 is 16.8 Å². The van der Waals surface area contributed by atoms with Crippen LogP contribution in [-0.2, 0) is 19.7 Å². The molecular weight excluding hydrogens is 262 g/mol. The minimum atomic E-state index is -3.22. The molecule has 1 fully saturated rings. The molecular formula is C10H17NO4S2. The minimum Gasteiger partial charge on any atom is -0.229 e. The molecule has 0 aromatic heterocycles. The Morgan fingerprint density at radius 3 is 2.35 bits per heavy atom. The highest BCUT2D eigenvalue weighted by Gasteiger charge is 2.43. The van der Waals surface area contributed by atoms with Crippen molar-refractivity contribution in [3.05, 3.63) is 0 Å². The van der Waals surface area contributed by atoms with Crippen LogP contribution in [-0.4, -0.2) is 39.3 Å². The average molecular weight is 279 g/mol. The summed E-state index contributed by atoms with van der Waals surface area (Å²) in [5.74, 6) is -0.333. The molecule has 0 aliphatic carbocycles. The quantitative estimate of drug-likeness (QED) is 0.748. The first-order chi connectivity index (χ1) is 7.63.